The second-order valence-corrected chi connectivity index (χ2v) is 7.12. The average Bonchev–Trinajstić information content (AvgIpc) is 2.58. The summed E-state index contributed by atoms with van der Waals surface area (Å²) in [6.45, 7) is 4.68. The highest BCUT2D eigenvalue weighted by Gasteiger charge is 2.37. The number of hydrogen-bond acceptors (Lipinski definition) is 0. The Kier molecular flexibility index (Phi) is 3.06. The van der Waals surface area contributed by atoms with Crippen molar-refractivity contribution in [3.05, 3.63) is 51.0 Å². The molecule has 0 unspecified atom stereocenters. The van der Waals surface area contributed by atoms with E-state index >= 15 is 0 Å². The summed E-state index contributed by atoms with van der Waals surface area (Å²) < 4.78 is 1.18. The molecule has 1 aromatic rings. The lowest BCUT2D eigenvalue weighted by Gasteiger charge is -2.25. The molecule has 2 heteroatoms. The van der Waals surface area contributed by atoms with Crippen molar-refractivity contribution in [2.24, 2.45) is 0 Å². The van der Waals surface area contributed by atoms with Gasteiger partial charge in [0.1, 0.15) is 0 Å². The van der Waals surface area contributed by atoms with Gasteiger partial charge >= 0.3 is 0 Å². The van der Waals surface area contributed by atoms with Crippen LogP contribution in [0.25, 0.3) is 5.57 Å². The number of alkyl halides is 1. The van der Waals surface area contributed by atoms with Crippen LogP contribution in [0.1, 0.15) is 37.8 Å². The van der Waals surface area contributed by atoms with E-state index < -0.39 is 0 Å². The van der Waals surface area contributed by atoms with Crippen molar-refractivity contribution in [1.29, 1.82) is 0 Å². The number of halogens is 2. The number of allylic oxidation sites excluding steroid dienone is 4. The molecule has 2 aliphatic carbocycles. The summed E-state index contributed by atoms with van der Waals surface area (Å²) in [4.78, 5) is 0. The third kappa shape index (κ3) is 1.77. The zero-order valence-corrected chi connectivity index (χ0v) is 13.9. The van der Waals surface area contributed by atoms with E-state index in [9.17, 15) is 0 Å². The highest BCUT2D eigenvalue weighted by Crippen LogP contribution is 2.51. The van der Waals surface area contributed by atoms with Crippen molar-refractivity contribution in [3.63, 3.8) is 0 Å². The molecule has 0 heterocycles. The van der Waals surface area contributed by atoms with Crippen LogP contribution < -0.4 is 0 Å². The number of hydrogen-bond donors (Lipinski definition) is 0. The Bertz CT molecular complexity index is 577. The zero-order valence-electron chi connectivity index (χ0n) is 10.7. The quantitative estimate of drug-likeness (QED) is 0.566. The molecule has 0 radical (unpaired) electrons. The molecule has 3 rings (SSSR count). The molecule has 0 fully saturated rings. The topological polar surface area (TPSA) is 0 Å². The SMILES string of the molecule is CC1(C)C2=C(CCC(CBr)=C2)c2ccc(Br)cc21. The molecule has 0 N–H and O–H groups in total. The van der Waals surface area contributed by atoms with Gasteiger partial charge in [0.05, 0.1) is 0 Å². The maximum atomic E-state index is 3.60. The first-order chi connectivity index (χ1) is 8.54. The fourth-order valence-corrected chi connectivity index (χ4v) is 3.97. The number of rotatable bonds is 1. The van der Waals surface area contributed by atoms with Gasteiger partial charge in [-0.15, -0.1) is 0 Å². The highest BCUT2D eigenvalue weighted by atomic mass is 79.9. The fraction of sp³-hybridized carbons (Fsp3) is 0.375. The summed E-state index contributed by atoms with van der Waals surface area (Å²) >= 11 is 7.19. The zero-order chi connectivity index (χ0) is 12.9. The van der Waals surface area contributed by atoms with Gasteiger partial charge in [0.2, 0.25) is 0 Å². The second-order valence-electron chi connectivity index (χ2n) is 5.64. The standard InChI is InChI=1S/C16H16Br2/c1-16(2)14-7-10(9-17)3-5-12(14)13-6-4-11(18)8-15(13)16/h4,6-8H,3,5,9H2,1-2H3. The Labute approximate surface area is 125 Å². The Hall–Kier alpha value is -0.340. The maximum Gasteiger partial charge on any atom is 0.0245 e. The van der Waals surface area contributed by atoms with E-state index in [1.807, 2.05) is 0 Å². The molecular formula is C16H16Br2. The first-order valence-electron chi connectivity index (χ1n) is 6.33. The molecule has 94 valence electrons. The smallest absolute Gasteiger partial charge is 0.0245 e. The Balaban J connectivity index is 2.20. The summed E-state index contributed by atoms with van der Waals surface area (Å²) in [6, 6.07) is 6.72. The largest absolute Gasteiger partial charge is 0.0880 e. The van der Waals surface area contributed by atoms with E-state index in [0.29, 0.717) is 0 Å². The van der Waals surface area contributed by atoms with Crippen LogP contribution in [0.3, 0.4) is 0 Å². The lowest BCUT2D eigenvalue weighted by atomic mass is 9.79. The molecular weight excluding hydrogens is 352 g/mol. The lowest BCUT2D eigenvalue weighted by molar-refractivity contribution is 0.649. The molecule has 2 aliphatic rings. The summed E-state index contributed by atoms with van der Waals surface area (Å²) in [5.41, 5.74) is 7.68. The average molecular weight is 368 g/mol. The Morgan fingerprint density at radius 1 is 1.22 bits per heavy atom. The van der Waals surface area contributed by atoms with Crippen LogP contribution in [0.4, 0.5) is 0 Å². The monoisotopic (exact) mass is 366 g/mol. The van der Waals surface area contributed by atoms with E-state index in [-0.39, 0.29) is 5.41 Å². The molecule has 0 aliphatic heterocycles. The van der Waals surface area contributed by atoms with Crippen LogP contribution in [-0.4, -0.2) is 5.33 Å². The molecule has 0 aromatic heterocycles. The predicted molar refractivity (Wildman–Crippen MR) is 85.2 cm³/mol. The molecule has 1 aromatic carbocycles. The first kappa shape index (κ1) is 12.7. The van der Waals surface area contributed by atoms with Gasteiger partial charge in [-0.1, -0.05) is 63.4 Å². The van der Waals surface area contributed by atoms with Crippen LogP contribution >= 0.6 is 31.9 Å². The molecule has 0 saturated heterocycles. The molecule has 0 spiro atoms. The predicted octanol–water partition coefficient (Wildman–Crippen LogP) is 5.61. The first-order valence-corrected chi connectivity index (χ1v) is 8.25. The molecule has 0 bridgehead atoms. The summed E-state index contributed by atoms with van der Waals surface area (Å²) in [7, 11) is 0. The van der Waals surface area contributed by atoms with Crippen molar-refractivity contribution in [3.8, 4) is 0 Å². The Morgan fingerprint density at radius 2 is 2.00 bits per heavy atom. The summed E-state index contributed by atoms with van der Waals surface area (Å²) in [6.07, 6.45) is 4.79. The van der Waals surface area contributed by atoms with Gasteiger partial charge in [0, 0.05) is 15.2 Å². The minimum atomic E-state index is 0.141. The van der Waals surface area contributed by atoms with E-state index in [4.69, 9.17) is 0 Å². The van der Waals surface area contributed by atoms with Crippen molar-refractivity contribution < 1.29 is 0 Å². The minimum Gasteiger partial charge on any atom is -0.0880 e. The third-order valence-electron chi connectivity index (χ3n) is 4.19. The summed E-state index contributed by atoms with van der Waals surface area (Å²) in [5, 5.41) is 1.000. The van der Waals surface area contributed by atoms with Gasteiger partial charge in [0.25, 0.3) is 0 Å². The van der Waals surface area contributed by atoms with Crippen molar-refractivity contribution in [1.82, 2.24) is 0 Å². The van der Waals surface area contributed by atoms with Gasteiger partial charge < -0.3 is 0 Å². The van der Waals surface area contributed by atoms with Crippen LogP contribution in [-0.2, 0) is 5.41 Å². The molecule has 18 heavy (non-hydrogen) atoms. The van der Waals surface area contributed by atoms with Crippen LogP contribution in [0.5, 0.6) is 0 Å². The van der Waals surface area contributed by atoms with Gasteiger partial charge in [-0.05, 0) is 47.2 Å². The Morgan fingerprint density at radius 3 is 2.72 bits per heavy atom. The summed E-state index contributed by atoms with van der Waals surface area (Å²) in [5.74, 6) is 0. The highest BCUT2D eigenvalue weighted by molar-refractivity contribution is 9.10. The molecule has 0 amide bonds. The van der Waals surface area contributed by atoms with Crippen molar-refractivity contribution >= 4 is 37.4 Å². The third-order valence-corrected chi connectivity index (χ3v) is 5.41. The number of fused-ring (bicyclic) bond motifs is 2. The van der Waals surface area contributed by atoms with Crippen molar-refractivity contribution in [2.75, 3.05) is 5.33 Å². The van der Waals surface area contributed by atoms with Gasteiger partial charge in [-0.3, -0.25) is 0 Å². The maximum absolute atomic E-state index is 3.60. The fourth-order valence-electron chi connectivity index (χ4n) is 3.17. The van der Waals surface area contributed by atoms with E-state index in [2.05, 4.69) is 70.0 Å². The molecule has 0 atom stereocenters. The van der Waals surface area contributed by atoms with E-state index in [1.54, 1.807) is 5.57 Å². The lowest BCUT2D eigenvalue weighted by Crippen LogP contribution is -2.17. The van der Waals surface area contributed by atoms with Crippen LogP contribution in [0, 0.1) is 0 Å². The molecule has 0 saturated carbocycles. The van der Waals surface area contributed by atoms with Gasteiger partial charge in [-0.2, -0.15) is 0 Å². The van der Waals surface area contributed by atoms with Gasteiger partial charge in [0.15, 0.2) is 0 Å². The van der Waals surface area contributed by atoms with E-state index in [1.165, 1.54) is 39.6 Å². The second kappa shape index (κ2) is 4.35. The van der Waals surface area contributed by atoms with Crippen LogP contribution in [0.15, 0.2) is 39.9 Å². The molecule has 0 nitrogen and oxygen atoms in total. The normalized spacial score (nSPS) is 20.6. The van der Waals surface area contributed by atoms with E-state index in [0.717, 1.165) is 5.33 Å². The van der Waals surface area contributed by atoms with Gasteiger partial charge in [-0.25, -0.2) is 0 Å². The number of benzene rings is 1. The van der Waals surface area contributed by atoms with Crippen molar-refractivity contribution in [2.45, 2.75) is 32.1 Å². The van der Waals surface area contributed by atoms with Crippen LogP contribution in [0.2, 0.25) is 0 Å². The minimum absolute atomic E-state index is 0.141.